The van der Waals surface area contributed by atoms with Gasteiger partial charge in [-0.2, -0.15) is 0 Å². The van der Waals surface area contributed by atoms with Gasteiger partial charge in [0, 0.05) is 14.1 Å². The van der Waals surface area contributed by atoms with Gasteiger partial charge in [-0.1, -0.05) is 123 Å². The van der Waals surface area contributed by atoms with Crippen molar-refractivity contribution in [3.8, 4) is 0 Å². The molecule has 0 aliphatic heterocycles. The Bertz CT molecular complexity index is 188. The molecule has 0 atom stereocenters. The summed E-state index contributed by atoms with van der Waals surface area (Å²) in [5.41, 5.74) is 0. The predicted molar refractivity (Wildman–Crippen MR) is 116 cm³/mol. The maximum absolute atomic E-state index is 3.49. The van der Waals surface area contributed by atoms with Crippen LogP contribution in [0.3, 0.4) is 0 Å². The zero-order valence-corrected chi connectivity index (χ0v) is 18.3. The molecular formula is C22H48ClN. The Morgan fingerprint density at radius 2 is 0.708 bits per heavy atom. The number of rotatable bonds is 16. The van der Waals surface area contributed by atoms with Gasteiger partial charge in [0.2, 0.25) is 0 Å². The minimum atomic E-state index is 0. The number of unbranched alkanes of at least 4 members (excludes halogenated alkanes) is 15. The van der Waals surface area contributed by atoms with Crippen molar-refractivity contribution < 1.29 is 0 Å². The highest BCUT2D eigenvalue weighted by atomic mass is 35.5. The second-order valence-electron chi connectivity index (χ2n) is 7.10. The Kier molecular flexibility index (Phi) is 33.0. The summed E-state index contributed by atoms with van der Waals surface area (Å²) >= 11 is 0. The van der Waals surface area contributed by atoms with Crippen molar-refractivity contribution in [1.82, 2.24) is 4.90 Å². The van der Waals surface area contributed by atoms with Gasteiger partial charge in [-0.3, -0.25) is 0 Å². The smallest absolute Gasteiger partial charge is 0.00554 e. The zero-order chi connectivity index (χ0) is 17.6. The number of halogens is 1. The third-order valence-electron chi connectivity index (χ3n) is 4.32. The fourth-order valence-corrected chi connectivity index (χ4v) is 2.62. The second-order valence-corrected chi connectivity index (χ2v) is 7.10. The molecule has 0 aliphatic rings. The van der Waals surface area contributed by atoms with Crippen molar-refractivity contribution in [2.75, 3.05) is 14.1 Å². The first-order valence-corrected chi connectivity index (χ1v) is 10.5. The summed E-state index contributed by atoms with van der Waals surface area (Å²) in [7, 11) is 3.88. The van der Waals surface area contributed by atoms with Gasteiger partial charge in [-0.25, -0.2) is 0 Å². The molecule has 0 saturated carbocycles. The molecule has 0 aromatic rings. The van der Waals surface area contributed by atoms with Gasteiger partial charge in [-0.15, -0.1) is 12.4 Å². The first-order valence-electron chi connectivity index (χ1n) is 10.5. The van der Waals surface area contributed by atoms with Crippen LogP contribution < -0.4 is 0 Å². The summed E-state index contributed by atoms with van der Waals surface area (Å²) in [5.74, 6) is 0. The normalized spacial score (nSPS) is 9.67. The highest BCUT2D eigenvalue weighted by Crippen LogP contribution is 2.13. The van der Waals surface area contributed by atoms with Crippen LogP contribution in [0.4, 0.5) is 0 Å². The third kappa shape index (κ3) is 33.4. The summed E-state index contributed by atoms with van der Waals surface area (Å²) in [6.07, 6.45) is 25.2. The van der Waals surface area contributed by atoms with Crippen molar-refractivity contribution in [2.24, 2.45) is 0 Å². The number of hydrogen-bond acceptors (Lipinski definition) is 1. The lowest BCUT2D eigenvalue weighted by molar-refractivity contribution is 0.531. The Hall–Kier alpha value is -0.170. The largest absolute Gasteiger partial charge is 0.384 e. The SMILES string of the molecule is C=CN(C)C.CCCCCCCCCCCCCCCCCC.Cl. The van der Waals surface area contributed by atoms with E-state index in [0.29, 0.717) is 0 Å². The molecule has 0 aromatic carbocycles. The Morgan fingerprint density at radius 1 is 0.542 bits per heavy atom. The van der Waals surface area contributed by atoms with E-state index in [2.05, 4.69) is 20.4 Å². The molecule has 0 heterocycles. The molecule has 2 heteroatoms. The molecule has 24 heavy (non-hydrogen) atoms. The molecule has 0 fully saturated rings. The molecule has 0 unspecified atom stereocenters. The first kappa shape index (κ1) is 28.6. The summed E-state index contributed by atoms with van der Waals surface area (Å²) in [6.45, 7) is 8.07. The van der Waals surface area contributed by atoms with E-state index in [9.17, 15) is 0 Å². The lowest BCUT2D eigenvalue weighted by Crippen LogP contribution is -1.97. The van der Waals surface area contributed by atoms with Crippen molar-refractivity contribution in [1.29, 1.82) is 0 Å². The van der Waals surface area contributed by atoms with Gasteiger partial charge < -0.3 is 4.90 Å². The van der Waals surface area contributed by atoms with Crippen LogP contribution in [0.1, 0.15) is 117 Å². The van der Waals surface area contributed by atoms with Gasteiger partial charge in [0.1, 0.15) is 0 Å². The van der Waals surface area contributed by atoms with Gasteiger partial charge in [0.15, 0.2) is 0 Å². The number of hydrogen-bond donors (Lipinski definition) is 0. The summed E-state index contributed by atoms with van der Waals surface area (Å²) in [5, 5.41) is 0. The average Bonchev–Trinajstić information content (AvgIpc) is 2.55. The van der Waals surface area contributed by atoms with Gasteiger partial charge >= 0.3 is 0 Å². The van der Waals surface area contributed by atoms with E-state index < -0.39 is 0 Å². The van der Waals surface area contributed by atoms with Crippen LogP contribution in [0.5, 0.6) is 0 Å². The van der Waals surface area contributed by atoms with E-state index in [1.807, 2.05) is 19.0 Å². The van der Waals surface area contributed by atoms with E-state index in [1.165, 1.54) is 103 Å². The Balaban J connectivity index is -0.000000639. The minimum Gasteiger partial charge on any atom is -0.384 e. The zero-order valence-electron chi connectivity index (χ0n) is 17.5. The van der Waals surface area contributed by atoms with E-state index >= 15 is 0 Å². The molecule has 0 N–H and O–H groups in total. The Morgan fingerprint density at radius 3 is 0.833 bits per heavy atom. The van der Waals surface area contributed by atoms with Crippen LogP contribution in [-0.2, 0) is 0 Å². The molecule has 1 nitrogen and oxygen atoms in total. The highest BCUT2D eigenvalue weighted by molar-refractivity contribution is 5.85. The Labute approximate surface area is 161 Å². The second kappa shape index (κ2) is 27.7. The molecule has 0 saturated heterocycles. The molecule has 0 rings (SSSR count). The van der Waals surface area contributed by atoms with Crippen LogP contribution in [0.25, 0.3) is 0 Å². The average molecular weight is 362 g/mol. The quantitative estimate of drug-likeness (QED) is 0.249. The maximum Gasteiger partial charge on any atom is 0.00554 e. The molecule has 0 spiro atoms. The standard InChI is InChI=1S/C18H38.C4H9N.ClH/c1-3-5-7-9-11-13-15-17-18-16-14-12-10-8-6-4-2;1-4-5(2)3;/h3-18H2,1-2H3;4H,1H2,2-3H3;1H. The topological polar surface area (TPSA) is 3.24 Å². The van der Waals surface area contributed by atoms with Crippen molar-refractivity contribution in [2.45, 2.75) is 117 Å². The molecule has 0 amide bonds. The fraction of sp³-hybridized carbons (Fsp3) is 0.909. The number of nitrogens with zero attached hydrogens (tertiary/aromatic N) is 1. The molecule has 0 radical (unpaired) electrons. The molecular weight excluding hydrogens is 314 g/mol. The summed E-state index contributed by atoms with van der Waals surface area (Å²) in [4.78, 5) is 1.89. The first-order chi connectivity index (χ1) is 11.2. The van der Waals surface area contributed by atoms with Gasteiger partial charge in [0.05, 0.1) is 0 Å². The minimum absolute atomic E-state index is 0. The third-order valence-corrected chi connectivity index (χ3v) is 4.32. The van der Waals surface area contributed by atoms with E-state index in [1.54, 1.807) is 6.20 Å². The summed E-state index contributed by atoms with van der Waals surface area (Å²) < 4.78 is 0. The van der Waals surface area contributed by atoms with Gasteiger partial charge in [-0.05, 0) is 6.20 Å². The molecule has 0 bridgehead atoms. The monoisotopic (exact) mass is 361 g/mol. The lowest BCUT2D eigenvalue weighted by Gasteiger charge is -2.03. The molecule has 0 aliphatic carbocycles. The summed E-state index contributed by atoms with van der Waals surface area (Å²) in [6, 6.07) is 0. The lowest BCUT2D eigenvalue weighted by atomic mass is 10.0. The van der Waals surface area contributed by atoms with Crippen LogP contribution in [0.15, 0.2) is 12.8 Å². The fourth-order valence-electron chi connectivity index (χ4n) is 2.62. The molecule has 0 aromatic heterocycles. The van der Waals surface area contributed by atoms with Crippen LogP contribution in [0.2, 0.25) is 0 Å². The van der Waals surface area contributed by atoms with Crippen molar-refractivity contribution in [3.05, 3.63) is 12.8 Å². The highest BCUT2D eigenvalue weighted by Gasteiger charge is 1.93. The predicted octanol–water partition coefficient (Wildman–Crippen LogP) is 8.38. The van der Waals surface area contributed by atoms with Crippen molar-refractivity contribution >= 4 is 12.4 Å². The molecule has 148 valence electrons. The van der Waals surface area contributed by atoms with Crippen LogP contribution >= 0.6 is 12.4 Å². The van der Waals surface area contributed by atoms with Crippen LogP contribution in [-0.4, -0.2) is 19.0 Å². The van der Waals surface area contributed by atoms with E-state index in [-0.39, 0.29) is 12.4 Å². The maximum atomic E-state index is 3.49. The van der Waals surface area contributed by atoms with Gasteiger partial charge in [0.25, 0.3) is 0 Å². The van der Waals surface area contributed by atoms with E-state index in [4.69, 9.17) is 0 Å². The van der Waals surface area contributed by atoms with Crippen molar-refractivity contribution in [3.63, 3.8) is 0 Å². The van der Waals surface area contributed by atoms with Crippen LogP contribution in [0, 0.1) is 0 Å². The van der Waals surface area contributed by atoms with E-state index in [0.717, 1.165) is 0 Å².